The molecule has 0 unspecified atom stereocenters. The number of carbonyl (C=O) groups excluding carboxylic acids is 1. The summed E-state index contributed by atoms with van der Waals surface area (Å²) in [6.45, 7) is 2.04. The number of hydrogen-bond acceptors (Lipinski definition) is 3. The second-order valence-corrected chi connectivity index (χ2v) is 6.52. The Balaban J connectivity index is 1.34. The standard InChI is InChI=1S/C21H23F2NO3/c22-17-5-7-18(8-6-17)26-13-14-27-19-9-11-24(12-10-19)21(25)15-16-3-1-2-4-20(16)23/h1-8,19H,9-15H2. The first-order chi connectivity index (χ1) is 13.1. The summed E-state index contributed by atoms with van der Waals surface area (Å²) < 4.78 is 37.8. The highest BCUT2D eigenvalue weighted by atomic mass is 19.1. The highest BCUT2D eigenvalue weighted by Crippen LogP contribution is 2.16. The van der Waals surface area contributed by atoms with Crippen molar-refractivity contribution in [1.29, 1.82) is 0 Å². The third-order valence-corrected chi connectivity index (χ3v) is 4.61. The van der Waals surface area contributed by atoms with E-state index in [4.69, 9.17) is 9.47 Å². The van der Waals surface area contributed by atoms with Crippen molar-refractivity contribution in [3.8, 4) is 5.75 Å². The fourth-order valence-corrected chi connectivity index (χ4v) is 3.09. The van der Waals surface area contributed by atoms with Crippen LogP contribution in [0.25, 0.3) is 0 Å². The molecule has 0 atom stereocenters. The van der Waals surface area contributed by atoms with Gasteiger partial charge in [0, 0.05) is 13.1 Å². The van der Waals surface area contributed by atoms with E-state index >= 15 is 0 Å². The molecular weight excluding hydrogens is 352 g/mol. The molecule has 0 aromatic heterocycles. The van der Waals surface area contributed by atoms with Crippen LogP contribution in [0.15, 0.2) is 48.5 Å². The minimum absolute atomic E-state index is 0.0572. The maximum atomic E-state index is 13.7. The van der Waals surface area contributed by atoms with Gasteiger partial charge in [0.15, 0.2) is 0 Å². The van der Waals surface area contributed by atoms with Gasteiger partial charge in [-0.3, -0.25) is 4.79 Å². The molecule has 1 aliphatic heterocycles. The van der Waals surface area contributed by atoms with Gasteiger partial charge in [0.05, 0.1) is 19.1 Å². The average Bonchev–Trinajstić information content (AvgIpc) is 2.69. The highest BCUT2D eigenvalue weighted by molar-refractivity contribution is 5.78. The fourth-order valence-electron chi connectivity index (χ4n) is 3.09. The Morgan fingerprint density at radius 3 is 2.41 bits per heavy atom. The molecule has 27 heavy (non-hydrogen) atoms. The minimum atomic E-state index is -0.342. The zero-order valence-electron chi connectivity index (χ0n) is 15.1. The second kappa shape index (κ2) is 9.46. The van der Waals surface area contributed by atoms with Gasteiger partial charge < -0.3 is 14.4 Å². The number of carbonyl (C=O) groups is 1. The van der Waals surface area contributed by atoms with Crippen LogP contribution in [0.3, 0.4) is 0 Å². The number of hydrogen-bond donors (Lipinski definition) is 0. The van der Waals surface area contributed by atoms with Gasteiger partial charge >= 0.3 is 0 Å². The van der Waals surface area contributed by atoms with Crippen LogP contribution in [-0.2, 0) is 16.0 Å². The van der Waals surface area contributed by atoms with Gasteiger partial charge in [-0.1, -0.05) is 18.2 Å². The van der Waals surface area contributed by atoms with Gasteiger partial charge in [-0.15, -0.1) is 0 Å². The highest BCUT2D eigenvalue weighted by Gasteiger charge is 2.23. The van der Waals surface area contributed by atoms with E-state index in [2.05, 4.69) is 0 Å². The Kier molecular flexibility index (Phi) is 6.76. The molecule has 1 fully saturated rings. The van der Waals surface area contributed by atoms with Crippen molar-refractivity contribution in [1.82, 2.24) is 4.90 Å². The molecule has 2 aromatic rings. The van der Waals surface area contributed by atoms with E-state index < -0.39 is 0 Å². The maximum Gasteiger partial charge on any atom is 0.227 e. The number of nitrogens with zero attached hydrogens (tertiary/aromatic N) is 1. The minimum Gasteiger partial charge on any atom is -0.491 e. The predicted octanol–water partition coefficient (Wildman–Crippen LogP) is 3.59. The van der Waals surface area contributed by atoms with Crippen LogP contribution in [0.2, 0.25) is 0 Å². The molecule has 0 N–H and O–H groups in total. The average molecular weight is 375 g/mol. The molecule has 4 nitrogen and oxygen atoms in total. The lowest BCUT2D eigenvalue weighted by Gasteiger charge is -2.32. The van der Waals surface area contributed by atoms with Crippen molar-refractivity contribution in [3.05, 3.63) is 65.7 Å². The van der Waals surface area contributed by atoms with Gasteiger partial charge in [0.1, 0.15) is 24.0 Å². The van der Waals surface area contributed by atoms with Crippen molar-refractivity contribution >= 4 is 5.91 Å². The van der Waals surface area contributed by atoms with Gasteiger partial charge in [0.2, 0.25) is 5.91 Å². The number of ether oxygens (including phenoxy) is 2. The monoisotopic (exact) mass is 375 g/mol. The Labute approximate surface area is 157 Å². The van der Waals surface area contributed by atoms with Crippen LogP contribution in [0.4, 0.5) is 8.78 Å². The number of halogens is 2. The van der Waals surface area contributed by atoms with Crippen molar-refractivity contribution in [3.63, 3.8) is 0 Å². The van der Waals surface area contributed by atoms with Crippen molar-refractivity contribution in [2.24, 2.45) is 0 Å². The van der Waals surface area contributed by atoms with Crippen molar-refractivity contribution in [2.45, 2.75) is 25.4 Å². The lowest BCUT2D eigenvalue weighted by molar-refractivity contribution is -0.133. The summed E-state index contributed by atoms with van der Waals surface area (Å²) in [4.78, 5) is 14.1. The number of rotatable bonds is 7. The van der Waals surface area contributed by atoms with E-state index in [1.165, 1.54) is 18.2 Å². The summed E-state index contributed by atoms with van der Waals surface area (Å²) in [6.07, 6.45) is 1.67. The van der Waals surface area contributed by atoms with Crippen LogP contribution in [0, 0.1) is 11.6 Å². The van der Waals surface area contributed by atoms with Crippen molar-refractivity contribution in [2.75, 3.05) is 26.3 Å². The quantitative estimate of drug-likeness (QED) is 0.694. The fraction of sp³-hybridized carbons (Fsp3) is 0.381. The molecule has 1 heterocycles. The summed E-state index contributed by atoms with van der Waals surface area (Å²) in [5, 5.41) is 0. The topological polar surface area (TPSA) is 38.8 Å². The van der Waals surface area contributed by atoms with E-state index in [1.54, 1.807) is 35.2 Å². The third kappa shape index (κ3) is 5.76. The van der Waals surface area contributed by atoms with Crippen LogP contribution in [-0.4, -0.2) is 43.2 Å². The summed E-state index contributed by atoms with van der Waals surface area (Å²) in [7, 11) is 0. The Morgan fingerprint density at radius 2 is 1.70 bits per heavy atom. The molecule has 3 rings (SSSR count). The Morgan fingerprint density at radius 1 is 1.00 bits per heavy atom. The Hall–Kier alpha value is -2.47. The van der Waals surface area contributed by atoms with Crippen LogP contribution in [0.1, 0.15) is 18.4 Å². The first-order valence-electron chi connectivity index (χ1n) is 9.13. The number of likely N-dealkylation sites (tertiary alicyclic amines) is 1. The summed E-state index contributed by atoms with van der Waals surface area (Å²) in [5.41, 5.74) is 0.429. The third-order valence-electron chi connectivity index (χ3n) is 4.61. The van der Waals surface area contributed by atoms with Gasteiger partial charge in [-0.05, 0) is 48.7 Å². The molecule has 1 aliphatic rings. The lowest BCUT2D eigenvalue weighted by Crippen LogP contribution is -2.41. The molecule has 0 radical (unpaired) electrons. The predicted molar refractivity (Wildman–Crippen MR) is 97.6 cm³/mol. The summed E-state index contributed by atoms with van der Waals surface area (Å²) in [5.74, 6) is -0.0908. The van der Waals surface area contributed by atoms with Crippen LogP contribution >= 0.6 is 0 Å². The van der Waals surface area contributed by atoms with Gasteiger partial charge in [-0.2, -0.15) is 0 Å². The van der Waals surface area contributed by atoms with Crippen LogP contribution in [0.5, 0.6) is 5.75 Å². The molecule has 6 heteroatoms. The van der Waals surface area contributed by atoms with Gasteiger partial charge in [0.25, 0.3) is 0 Å². The van der Waals surface area contributed by atoms with E-state index in [1.807, 2.05) is 0 Å². The largest absolute Gasteiger partial charge is 0.491 e. The molecule has 0 bridgehead atoms. The first-order valence-corrected chi connectivity index (χ1v) is 9.13. The zero-order valence-corrected chi connectivity index (χ0v) is 15.1. The first kappa shape index (κ1) is 19.3. The Bertz CT molecular complexity index is 743. The molecule has 144 valence electrons. The molecule has 0 spiro atoms. The zero-order chi connectivity index (χ0) is 19.1. The number of piperidine rings is 1. The summed E-state index contributed by atoms with van der Waals surface area (Å²) >= 11 is 0. The van der Waals surface area contributed by atoms with E-state index in [9.17, 15) is 13.6 Å². The molecule has 2 aromatic carbocycles. The van der Waals surface area contributed by atoms with Gasteiger partial charge in [-0.25, -0.2) is 8.78 Å². The SMILES string of the molecule is O=C(Cc1ccccc1F)N1CCC(OCCOc2ccc(F)cc2)CC1. The summed E-state index contributed by atoms with van der Waals surface area (Å²) in [6, 6.07) is 12.2. The molecule has 1 amide bonds. The number of benzene rings is 2. The van der Waals surface area contributed by atoms with Crippen LogP contribution < -0.4 is 4.74 Å². The molecule has 1 saturated heterocycles. The van der Waals surface area contributed by atoms with E-state index in [0.717, 1.165) is 12.8 Å². The molecular formula is C21H23F2NO3. The van der Waals surface area contributed by atoms with E-state index in [-0.39, 0.29) is 30.1 Å². The maximum absolute atomic E-state index is 13.7. The second-order valence-electron chi connectivity index (χ2n) is 6.52. The van der Waals surface area contributed by atoms with E-state index in [0.29, 0.717) is 37.6 Å². The molecule has 0 saturated carbocycles. The lowest BCUT2D eigenvalue weighted by atomic mass is 10.1. The normalized spacial score (nSPS) is 15.0. The van der Waals surface area contributed by atoms with Crippen molar-refractivity contribution < 1.29 is 23.0 Å². The molecule has 0 aliphatic carbocycles. The number of amides is 1. The smallest absolute Gasteiger partial charge is 0.227 e.